The Kier molecular flexibility index (Phi) is 20.2. The standard InChI is InChI=1S/C34H58N14O12/c1-14(2)24(36)32(59)47-19(9-16-11-40-13-42-16)30(57)46-20(10-23(52)48-33-25(43-15(3)50)27(54)26(53)21(12-49)60-33)31(58)45-18(5-4-8-41-34(38)39)29(56)44-17(28(37)55)6-7-22(35)51/h11,13-14,17-21,24-27,33,49,53-54H,4-10,12,36H2,1-3H3,(H2,35,51)(H2,37,55)(H,40,42)(H,43,50)(H,44,56)(H,45,58)(H,46,57)(H,47,59)(H,48,52)(H4,38,39,41)/t17-,18-,19-,20-,21+,24-,25+,26+,27+,33+/m0/s1. The molecule has 26 nitrogen and oxygen atoms in total. The van der Waals surface area contributed by atoms with Gasteiger partial charge in [0, 0.05) is 38.2 Å². The van der Waals surface area contributed by atoms with Crippen LogP contribution in [-0.4, -0.2) is 152 Å². The van der Waals surface area contributed by atoms with E-state index in [-0.39, 0.29) is 50.5 Å². The van der Waals surface area contributed by atoms with Gasteiger partial charge in [0.25, 0.3) is 0 Å². The third kappa shape index (κ3) is 16.4. The summed E-state index contributed by atoms with van der Waals surface area (Å²) in [7, 11) is 0. The van der Waals surface area contributed by atoms with Gasteiger partial charge >= 0.3 is 0 Å². The van der Waals surface area contributed by atoms with Gasteiger partial charge in [0.05, 0.1) is 25.4 Å². The first-order valence-corrected chi connectivity index (χ1v) is 18.9. The van der Waals surface area contributed by atoms with Gasteiger partial charge in [-0.1, -0.05) is 13.8 Å². The van der Waals surface area contributed by atoms with Gasteiger partial charge in [-0.15, -0.1) is 0 Å². The molecule has 26 heteroatoms. The largest absolute Gasteiger partial charge is 0.394 e. The Morgan fingerprint density at radius 2 is 1.45 bits per heavy atom. The molecule has 0 aromatic carbocycles. The van der Waals surface area contributed by atoms with Crippen molar-refractivity contribution in [2.24, 2.45) is 39.6 Å². The van der Waals surface area contributed by atoms with Crippen LogP contribution in [0.3, 0.4) is 0 Å². The molecule has 8 amide bonds. The Labute approximate surface area is 344 Å². The minimum atomic E-state index is -1.86. The summed E-state index contributed by atoms with van der Waals surface area (Å²) in [5, 5.41) is 45.3. The van der Waals surface area contributed by atoms with Crippen molar-refractivity contribution in [2.45, 2.75) is 120 Å². The lowest BCUT2D eigenvalue weighted by molar-refractivity contribution is -0.203. The summed E-state index contributed by atoms with van der Waals surface area (Å²) in [5.41, 5.74) is 27.8. The minimum Gasteiger partial charge on any atom is -0.394 e. The zero-order valence-corrected chi connectivity index (χ0v) is 33.5. The number of aromatic amines is 1. The summed E-state index contributed by atoms with van der Waals surface area (Å²) in [5.74, 6) is -8.03. The van der Waals surface area contributed by atoms with Crippen LogP contribution in [0.2, 0.25) is 0 Å². The lowest BCUT2D eigenvalue weighted by atomic mass is 9.95. The summed E-state index contributed by atoms with van der Waals surface area (Å²) < 4.78 is 5.56. The van der Waals surface area contributed by atoms with Gasteiger partial charge in [-0.3, -0.25) is 43.3 Å². The van der Waals surface area contributed by atoms with Crippen LogP contribution in [0.25, 0.3) is 0 Å². The van der Waals surface area contributed by atoms with E-state index in [0.29, 0.717) is 5.69 Å². The number of primary amides is 2. The average Bonchev–Trinajstić information content (AvgIpc) is 3.68. The maximum Gasteiger partial charge on any atom is 0.243 e. The first-order valence-electron chi connectivity index (χ1n) is 18.9. The molecule has 1 aliphatic heterocycles. The van der Waals surface area contributed by atoms with E-state index in [2.05, 4.69) is 46.9 Å². The first-order chi connectivity index (χ1) is 28.1. The topological polar surface area (TPSA) is 450 Å². The fourth-order valence-electron chi connectivity index (χ4n) is 5.81. The fourth-order valence-corrected chi connectivity index (χ4v) is 5.81. The smallest absolute Gasteiger partial charge is 0.243 e. The average molecular weight is 855 g/mol. The van der Waals surface area contributed by atoms with Crippen LogP contribution < -0.4 is 60.6 Å². The highest BCUT2D eigenvalue weighted by atomic mass is 16.5. The molecule has 60 heavy (non-hydrogen) atoms. The number of nitrogens with one attached hydrogen (secondary N) is 7. The molecule has 0 aliphatic carbocycles. The van der Waals surface area contributed by atoms with Crippen LogP contribution in [0.15, 0.2) is 17.5 Å². The zero-order chi connectivity index (χ0) is 45.3. The van der Waals surface area contributed by atoms with Crippen molar-refractivity contribution in [1.29, 1.82) is 0 Å². The Morgan fingerprint density at radius 1 is 0.850 bits per heavy atom. The van der Waals surface area contributed by atoms with E-state index in [4.69, 9.17) is 33.4 Å². The Morgan fingerprint density at radius 3 is 2.00 bits per heavy atom. The maximum absolute atomic E-state index is 14.1. The van der Waals surface area contributed by atoms with Gasteiger partial charge in [-0.05, 0) is 25.2 Å². The predicted octanol–water partition coefficient (Wildman–Crippen LogP) is -7.87. The number of amides is 8. The number of hydrogen-bond acceptors (Lipinski definition) is 15. The number of hydrogen-bond donors (Lipinski definition) is 15. The molecule has 10 atom stereocenters. The highest BCUT2D eigenvalue weighted by molar-refractivity contribution is 5.97. The van der Waals surface area contributed by atoms with Crippen molar-refractivity contribution in [3.05, 3.63) is 18.2 Å². The number of carbonyl (C=O) groups excluding carboxylic acids is 8. The Balaban J connectivity index is 2.54. The van der Waals surface area contributed by atoms with Crippen LogP contribution in [0.5, 0.6) is 0 Å². The normalized spacial score (nSPS) is 21.2. The molecule has 0 saturated carbocycles. The number of imidazole rings is 1. The number of aromatic nitrogens is 2. The second kappa shape index (κ2) is 24.2. The van der Waals surface area contributed by atoms with E-state index in [9.17, 15) is 53.7 Å². The number of nitrogens with two attached hydrogens (primary N) is 5. The Bertz CT molecular complexity index is 1680. The SMILES string of the molecule is CC(=O)N[C@@H]1[C@@H](O)[C@H](O)[C@@H](CO)O[C@H]1NC(=O)C[C@H](NC(=O)[C@H](Cc1cnc[nH]1)NC(=O)[C@@H](N)C(C)C)C(=O)N[C@@H](CCCN=C(N)N)C(=O)N[C@@H](CCC(N)=O)C(N)=O. The molecule has 0 radical (unpaired) electrons. The van der Waals surface area contributed by atoms with Crippen LogP contribution in [0.4, 0.5) is 0 Å². The highest BCUT2D eigenvalue weighted by Gasteiger charge is 2.45. The van der Waals surface area contributed by atoms with Crippen LogP contribution in [0.1, 0.15) is 58.6 Å². The highest BCUT2D eigenvalue weighted by Crippen LogP contribution is 2.20. The van der Waals surface area contributed by atoms with E-state index in [1.807, 2.05) is 0 Å². The number of carbonyl (C=O) groups is 8. The molecule has 2 rings (SSSR count). The molecule has 0 bridgehead atoms. The monoisotopic (exact) mass is 854 g/mol. The van der Waals surface area contributed by atoms with Crippen LogP contribution in [0, 0.1) is 5.92 Å². The summed E-state index contributed by atoms with van der Waals surface area (Å²) in [6, 6.07) is -8.72. The van der Waals surface area contributed by atoms with Crippen molar-refractivity contribution in [1.82, 2.24) is 41.9 Å². The van der Waals surface area contributed by atoms with Gasteiger partial charge in [0.2, 0.25) is 47.3 Å². The summed E-state index contributed by atoms with van der Waals surface area (Å²) in [6.45, 7) is 3.61. The van der Waals surface area contributed by atoms with Crippen molar-refractivity contribution in [3.8, 4) is 0 Å². The van der Waals surface area contributed by atoms with Gasteiger partial charge < -0.3 is 85.6 Å². The molecule has 1 aliphatic rings. The van der Waals surface area contributed by atoms with E-state index in [1.54, 1.807) is 13.8 Å². The Hall–Kier alpha value is -5.96. The quantitative estimate of drug-likeness (QED) is 0.0261. The maximum atomic E-state index is 14.1. The van der Waals surface area contributed by atoms with Gasteiger partial charge in [0.15, 0.2) is 12.2 Å². The molecule has 336 valence electrons. The second-order valence-corrected chi connectivity index (χ2v) is 14.4. The molecule has 1 saturated heterocycles. The number of ether oxygens (including phenoxy) is 1. The van der Waals surface area contributed by atoms with Crippen molar-refractivity contribution >= 4 is 53.2 Å². The summed E-state index contributed by atoms with van der Waals surface area (Å²) in [4.78, 5) is 114. The first kappa shape index (κ1) is 50.2. The molecule has 1 aromatic heterocycles. The van der Waals surface area contributed by atoms with Crippen LogP contribution in [-0.2, 0) is 49.5 Å². The number of H-pyrrole nitrogens is 1. The van der Waals surface area contributed by atoms with E-state index < -0.39 is 121 Å². The van der Waals surface area contributed by atoms with E-state index >= 15 is 0 Å². The summed E-state index contributed by atoms with van der Waals surface area (Å²) >= 11 is 0. The molecule has 0 unspecified atom stereocenters. The molecule has 20 N–H and O–H groups in total. The predicted molar refractivity (Wildman–Crippen MR) is 208 cm³/mol. The van der Waals surface area contributed by atoms with Gasteiger partial charge in [-0.2, -0.15) is 0 Å². The minimum absolute atomic E-state index is 0.0226. The van der Waals surface area contributed by atoms with E-state index in [0.717, 1.165) is 6.92 Å². The number of aliphatic imine (C=N–C) groups is 1. The number of aliphatic hydroxyl groups excluding tert-OH is 3. The third-order valence-corrected chi connectivity index (χ3v) is 9.17. The lowest BCUT2D eigenvalue weighted by Gasteiger charge is -2.42. The number of rotatable bonds is 24. The zero-order valence-electron chi connectivity index (χ0n) is 33.5. The second-order valence-electron chi connectivity index (χ2n) is 14.4. The molecule has 0 spiro atoms. The summed E-state index contributed by atoms with van der Waals surface area (Å²) in [6.07, 6.45) is -5.63. The lowest BCUT2D eigenvalue weighted by Crippen LogP contribution is -2.68. The molecule has 2 heterocycles. The molecular weight excluding hydrogens is 796 g/mol. The van der Waals surface area contributed by atoms with Gasteiger partial charge in [0.1, 0.15) is 48.5 Å². The van der Waals surface area contributed by atoms with Gasteiger partial charge in [-0.25, -0.2) is 4.98 Å². The van der Waals surface area contributed by atoms with Crippen molar-refractivity contribution in [2.75, 3.05) is 13.2 Å². The number of aliphatic hydroxyl groups is 3. The third-order valence-electron chi connectivity index (χ3n) is 9.17. The van der Waals surface area contributed by atoms with E-state index in [1.165, 1.54) is 12.5 Å². The molecule has 1 aromatic rings. The van der Waals surface area contributed by atoms with Crippen LogP contribution >= 0.6 is 0 Å². The van der Waals surface area contributed by atoms with Crippen molar-refractivity contribution in [3.63, 3.8) is 0 Å². The molecular formula is C34H58N14O12. The fraction of sp³-hybridized carbons (Fsp3) is 0.647. The molecule has 1 fully saturated rings. The number of guanidine groups is 1. The van der Waals surface area contributed by atoms with Crippen molar-refractivity contribution < 1.29 is 58.4 Å². The number of nitrogens with zero attached hydrogens (tertiary/aromatic N) is 2.